The monoisotopic (exact) mass is 590 g/mol. The Hall–Kier alpha value is -3.94. The minimum Gasteiger partial charge on any atom is -0.0619 e. The first-order valence-corrected chi connectivity index (χ1v) is 15.2. The zero-order valence-electron chi connectivity index (χ0n) is 23.8. The Balaban J connectivity index is 1.19. The maximum absolute atomic E-state index is 3.60. The maximum Gasteiger partial charge on any atom is 0.0181 e. The molecule has 0 amide bonds. The molecule has 0 spiro atoms. The van der Waals surface area contributed by atoms with Gasteiger partial charge in [-0.2, -0.15) is 0 Å². The van der Waals surface area contributed by atoms with Gasteiger partial charge in [-0.3, -0.25) is 0 Å². The van der Waals surface area contributed by atoms with E-state index < -0.39 is 0 Å². The maximum atomic E-state index is 3.60. The quantitative estimate of drug-likeness (QED) is 0.188. The molecule has 198 valence electrons. The Morgan fingerprint density at radius 3 is 1.39 bits per heavy atom. The van der Waals surface area contributed by atoms with Gasteiger partial charge in [0.1, 0.15) is 0 Å². The van der Waals surface area contributed by atoms with Crippen LogP contribution in [0.4, 0.5) is 0 Å². The molecule has 0 bridgehead atoms. The predicted octanol–water partition coefficient (Wildman–Crippen LogP) is 11.5. The van der Waals surface area contributed by atoms with E-state index in [2.05, 4.69) is 159 Å². The number of halogens is 1. The van der Waals surface area contributed by atoms with E-state index in [1.165, 1.54) is 77.5 Å². The molecule has 0 unspecified atom stereocenters. The molecule has 8 rings (SSSR count). The molecule has 0 aliphatic heterocycles. The summed E-state index contributed by atoms with van der Waals surface area (Å²) in [5, 5.41) is 2.52. The first kappa shape index (κ1) is 24.8. The zero-order chi connectivity index (χ0) is 28.1. The van der Waals surface area contributed by atoms with Gasteiger partial charge in [-0.15, -0.1) is 0 Å². The minimum absolute atomic E-state index is 0.00380. The molecule has 0 atom stereocenters. The van der Waals surface area contributed by atoms with Crippen LogP contribution in [0, 0.1) is 0 Å². The number of rotatable bonds is 2. The summed E-state index contributed by atoms with van der Waals surface area (Å²) < 4.78 is 1.11. The van der Waals surface area contributed by atoms with Crippen LogP contribution >= 0.6 is 15.9 Å². The van der Waals surface area contributed by atoms with Gasteiger partial charge < -0.3 is 0 Å². The minimum atomic E-state index is -0.0787. The van der Waals surface area contributed by atoms with Crippen molar-refractivity contribution in [1.29, 1.82) is 0 Å². The highest BCUT2D eigenvalue weighted by molar-refractivity contribution is 9.10. The summed E-state index contributed by atoms with van der Waals surface area (Å²) in [6.07, 6.45) is 0. The summed E-state index contributed by atoms with van der Waals surface area (Å²) >= 11 is 3.60. The molecule has 0 saturated heterocycles. The first-order chi connectivity index (χ1) is 19.7. The van der Waals surface area contributed by atoms with E-state index in [1.54, 1.807) is 0 Å². The van der Waals surface area contributed by atoms with Gasteiger partial charge in [0.05, 0.1) is 0 Å². The number of hydrogen-bond donors (Lipinski definition) is 0. The second-order valence-electron chi connectivity index (χ2n) is 12.8. The molecule has 0 radical (unpaired) electrons. The molecule has 0 saturated carbocycles. The van der Waals surface area contributed by atoms with Gasteiger partial charge in [0.2, 0.25) is 0 Å². The highest BCUT2D eigenvalue weighted by Crippen LogP contribution is 2.52. The molecule has 0 fully saturated rings. The SMILES string of the molecule is CC1(C)c2ccccc2-c2ccc(-c3ccc4c(c3)C(C)(C)c3cc(-c5ccc6cc(Br)ccc6c5)ccc3-4)cc21. The Bertz CT molecular complexity index is 2060. The van der Waals surface area contributed by atoms with Crippen LogP contribution in [0.2, 0.25) is 0 Å². The molecule has 6 aromatic rings. The van der Waals surface area contributed by atoms with Crippen LogP contribution in [-0.4, -0.2) is 0 Å². The fourth-order valence-electron chi connectivity index (χ4n) is 7.38. The van der Waals surface area contributed by atoms with E-state index in [1.807, 2.05) is 0 Å². The molecular weight excluding hydrogens is 560 g/mol. The predicted molar refractivity (Wildman–Crippen MR) is 178 cm³/mol. The van der Waals surface area contributed by atoms with Gasteiger partial charge in [0.15, 0.2) is 0 Å². The second kappa shape index (κ2) is 8.54. The lowest BCUT2D eigenvalue weighted by atomic mass is 9.80. The Kier molecular flexibility index (Phi) is 5.17. The second-order valence-corrected chi connectivity index (χ2v) is 13.7. The van der Waals surface area contributed by atoms with Crippen LogP contribution in [0.5, 0.6) is 0 Å². The summed E-state index contributed by atoms with van der Waals surface area (Å²) in [6.45, 7) is 9.48. The standard InChI is InChI=1S/C40H31Br/c1-39(2)35-8-6-5-7-31(35)32-16-13-28(22-36(32)39)29-14-18-34-33-17-12-27(21-37(33)40(3,4)38(34)23-29)24-9-10-26-20-30(41)15-11-25(26)19-24/h5-23H,1-4H3. The molecule has 41 heavy (non-hydrogen) atoms. The van der Waals surface area contributed by atoms with Gasteiger partial charge >= 0.3 is 0 Å². The summed E-state index contributed by atoms with van der Waals surface area (Å²) in [7, 11) is 0. The molecule has 0 heterocycles. The topological polar surface area (TPSA) is 0 Å². The van der Waals surface area contributed by atoms with Gasteiger partial charge in [-0.1, -0.05) is 122 Å². The third kappa shape index (κ3) is 3.58. The lowest BCUT2D eigenvalue weighted by Crippen LogP contribution is -2.15. The summed E-state index contributed by atoms with van der Waals surface area (Å²) in [5.41, 5.74) is 16.2. The van der Waals surface area contributed by atoms with E-state index in [-0.39, 0.29) is 10.8 Å². The normalized spacial score (nSPS) is 15.3. The van der Waals surface area contributed by atoms with E-state index in [0.717, 1.165) is 4.47 Å². The largest absolute Gasteiger partial charge is 0.0619 e. The van der Waals surface area contributed by atoms with Gasteiger partial charge in [-0.05, 0) is 114 Å². The first-order valence-electron chi connectivity index (χ1n) is 14.5. The average Bonchev–Trinajstić information content (AvgIpc) is 3.35. The number of fused-ring (bicyclic) bond motifs is 7. The number of benzene rings is 6. The lowest BCUT2D eigenvalue weighted by Gasteiger charge is -2.23. The molecule has 6 aromatic carbocycles. The molecule has 0 nitrogen and oxygen atoms in total. The van der Waals surface area contributed by atoms with E-state index in [0.29, 0.717) is 0 Å². The summed E-state index contributed by atoms with van der Waals surface area (Å²) in [4.78, 5) is 0. The highest BCUT2D eigenvalue weighted by atomic mass is 79.9. The Morgan fingerprint density at radius 2 is 0.805 bits per heavy atom. The van der Waals surface area contributed by atoms with Crippen molar-refractivity contribution < 1.29 is 0 Å². The third-order valence-corrected chi connectivity index (χ3v) is 10.2. The van der Waals surface area contributed by atoms with Crippen LogP contribution in [0.1, 0.15) is 49.9 Å². The molecular formula is C40H31Br. The van der Waals surface area contributed by atoms with Crippen molar-refractivity contribution in [3.05, 3.63) is 142 Å². The van der Waals surface area contributed by atoms with Crippen LogP contribution in [0.15, 0.2) is 120 Å². The molecule has 0 N–H and O–H groups in total. The van der Waals surface area contributed by atoms with Crippen molar-refractivity contribution >= 4 is 26.7 Å². The van der Waals surface area contributed by atoms with Crippen LogP contribution in [0.3, 0.4) is 0 Å². The average molecular weight is 592 g/mol. The molecule has 0 aromatic heterocycles. The van der Waals surface area contributed by atoms with Crippen molar-refractivity contribution in [3.63, 3.8) is 0 Å². The van der Waals surface area contributed by atoms with Crippen molar-refractivity contribution in [3.8, 4) is 44.5 Å². The summed E-state index contributed by atoms with van der Waals surface area (Å²) in [6, 6.07) is 43.4. The molecule has 2 aliphatic rings. The van der Waals surface area contributed by atoms with Gasteiger partial charge in [0, 0.05) is 15.3 Å². The fourth-order valence-corrected chi connectivity index (χ4v) is 7.76. The molecule has 2 aliphatic carbocycles. The summed E-state index contributed by atoms with van der Waals surface area (Å²) in [5.74, 6) is 0. The number of hydrogen-bond acceptors (Lipinski definition) is 0. The van der Waals surface area contributed by atoms with Crippen LogP contribution in [0.25, 0.3) is 55.3 Å². The Labute approximate surface area is 250 Å². The van der Waals surface area contributed by atoms with E-state index in [4.69, 9.17) is 0 Å². The van der Waals surface area contributed by atoms with Crippen molar-refractivity contribution in [2.24, 2.45) is 0 Å². The van der Waals surface area contributed by atoms with Gasteiger partial charge in [-0.25, -0.2) is 0 Å². The fraction of sp³-hybridized carbons (Fsp3) is 0.150. The highest BCUT2D eigenvalue weighted by Gasteiger charge is 2.37. The Morgan fingerprint density at radius 1 is 0.390 bits per heavy atom. The van der Waals surface area contributed by atoms with Crippen molar-refractivity contribution in [2.75, 3.05) is 0 Å². The third-order valence-electron chi connectivity index (χ3n) is 9.73. The molecule has 1 heteroatoms. The van der Waals surface area contributed by atoms with Crippen LogP contribution in [-0.2, 0) is 10.8 Å². The van der Waals surface area contributed by atoms with E-state index in [9.17, 15) is 0 Å². The smallest absolute Gasteiger partial charge is 0.0181 e. The van der Waals surface area contributed by atoms with Crippen molar-refractivity contribution in [2.45, 2.75) is 38.5 Å². The van der Waals surface area contributed by atoms with Crippen LogP contribution < -0.4 is 0 Å². The van der Waals surface area contributed by atoms with E-state index >= 15 is 0 Å². The van der Waals surface area contributed by atoms with Crippen molar-refractivity contribution in [1.82, 2.24) is 0 Å². The van der Waals surface area contributed by atoms with Gasteiger partial charge in [0.25, 0.3) is 0 Å². The lowest BCUT2D eigenvalue weighted by molar-refractivity contribution is 0.659. The zero-order valence-corrected chi connectivity index (χ0v) is 25.4.